The number of ether oxygens (including phenoxy) is 1. The lowest BCUT2D eigenvalue weighted by atomic mass is 10.0. The van der Waals surface area contributed by atoms with Crippen LogP contribution in [0.2, 0.25) is 5.02 Å². The lowest BCUT2D eigenvalue weighted by Gasteiger charge is -2.42. The maximum absolute atomic E-state index is 14.1. The molecule has 1 amide bonds. The van der Waals surface area contributed by atoms with Gasteiger partial charge in [-0.05, 0) is 51.3 Å². The van der Waals surface area contributed by atoms with Crippen LogP contribution in [0, 0.1) is 16.7 Å². The van der Waals surface area contributed by atoms with Crippen molar-refractivity contribution in [3.05, 3.63) is 46.9 Å². The van der Waals surface area contributed by atoms with Gasteiger partial charge in [0, 0.05) is 49.9 Å². The molecule has 4 aliphatic rings. The molecule has 1 unspecified atom stereocenters. The summed E-state index contributed by atoms with van der Waals surface area (Å²) in [5.74, 6) is 0.399. The number of halogens is 4. The van der Waals surface area contributed by atoms with Gasteiger partial charge < -0.3 is 24.3 Å². The number of pyridine rings is 1. The van der Waals surface area contributed by atoms with E-state index in [4.69, 9.17) is 26.3 Å². The highest BCUT2D eigenvalue weighted by Gasteiger charge is 2.45. The number of aromatic nitrogens is 3. The molecule has 1 saturated carbocycles. The molecule has 2 aromatic rings. The molecule has 0 radical (unpaired) electrons. The lowest BCUT2D eigenvalue weighted by Crippen LogP contribution is -2.55. The summed E-state index contributed by atoms with van der Waals surface area (Å²) in [5.41, 5.74) is 0.419. The summed E-state index contributed by atoms with van der Waals surface area (Å²) in [6.07, 6.45) is 3.85. The summed E-state index contributed by atoms with van der Waals surface area (Å²) >= 11 is 6.00. The predicted molar refractivity (Wildman–Crippen MR) is 162 cm³/mol. The third-order valence-corrected chi connectivity index (χ3v) is 9.60. The topological polar surface area (TPSA) is 102 Å². The Balaban J connectivity index is 1.31. The van der Waals surface area contributed by atoms with Gasteiger partial charge >= 0.3 is 12.2 Å². The van der Waals surface area contributed by atoms with Gasteiger partial charge in [0.05, 0.1) is 54.3 Å². The number of amides is 1. The number of hydrogen-bond acceptors (Lipinski definition) is 9. The van der Waals surface area contributed by atoms with Gasteiger partial charge in [-0.3, -0.25) is 9.78 Å². The summed E-state index contributed by atoms with van der Waals surface area (Å²) in [7, 11) is 0. The van der Waals surface area contributed by atoms with Gasteiger partial charge in [-0.2, -0.15) is 28.4 Å². The zero-order chi connectivity index (χ0) is 31.8. The molecule has 0 bridgehead atoms. The largest absolute Gasteiger partial charge is 0.463 e. The van der Waals surface area contributed by atoms with Crippen molar-refractivity contribution in [2.24, 2.45) is 5.41 Å². The highest BCUT2D eigenvalue weighted by molar-refractivity contribution is 6.31. The average molecular weight is 645 g/mol. The van der Waals surface area contributed by atoms with Crippen LogP contribution in [0.3, 0.4) is 0 Å². The summed E-state index contributed by atoms with van der Waals surface area (Å²) < 4.78 is 48.5. The number of carbonyl (C=O) groups is 1. The van der Waals surface area contributed by atoms with Crippen molar-refractivity contribution in [2.45, 2.75) is 57.3 Å². The zero-order valence-electron chi connectivity index (χ0n) is 25.0. The number of piperazine rings is 1. The van der Waals surface area contributed by atoms with Crippen molar-refractivity contribution < 1.29 is 22.7 Å². The fourth-order valence-corrected chi connectivity index (χ4v) is 7.02. The number of fused-ring (bicyclic) bond motifs is 1. The molecule has 3 aliphatic heterocycles. The van der Waals surface area contributed by atoms with Gasteiger partial charge in [0.1, 0.15) is 11.4 Å². The van der Waals surface area contributed by atoms with Gasteiger partial charge in [-0.25, -0.2) is 0 Å². The minimum atomic E-state index is -4.66. The molecular formula is C31H36ClF3N8O2. The number of hydrogen-bond donors (Lipinski definition) is 0. The van der Waals surface area contributed by atoms with E-state index in [-0.39, 0.29) is 48.6 Å². The molecule has 10 nitrogen and oxygen atoms in total. The van der Waals surface area contributed by atoms with Gasteiger partial charge in [-0.1, -0.05) is 18.2 Å². The molecule has 1 aliphatic carbocycles. The van der Waals surface area contributed by atoms with E-state index in [0.717, 1.165) is 44.2 Å². The first-order valence-corrected chi connectivity index (χ1v) is 15.7. The monoisotopic (exact) mass is 644 g/mol. The second-order valence-corrected chi connectivity index (χ2v) is 12.8. The van der Waals surface area contributed by atoms with Crippen LogP contribution in [0.1, 0.15) is 48.9 Å². The minimum absolute atomic E-state index is 0.0540. The molecule has 45 heavy (non-hydrogen) atoms. The second kappa shape index (κ2) is 12.6. The Hall–Kier alpha value is -3.63. The summed E-state index contributed by atoms with van der Waals surface area (Å²) in [6, 6.07) is 1.99. The maximum Gasteiger partial charge on any atom is 0.419 e. The molecule has 2 aromatic heterocycles. The number of alkyl halides is 3. The summed E-state index contributed by atoms with van der Waals surface area (Å²) in [4.78, 5) is 33.8. The van der Waals surface area contributed by atoms with Gasteiger partial charge in [0.2, 0.25) is 5.91 Å². The standard InChI is InChI=1S/C31H36ClF3N8O2/c1-2-26(44)43-14-13-42(17-21(43)5-9-36)28-22-6-12-41(25-16-37-15-23(32)27(25)31(33,34)35)18-24(22)38-29(39-28)45-20-30(7-8-30)19-40-10-3-4-11-40/h2,15-16,21H,1,3-8,10-14,17-20H2. The summed E-state index contributed by atoms with van der Waals surface area (Å²) in [6.45, 7) is 8.78. The van der Waals surface area contributed by atoms with E-state index < -0.39 is 16.8 Å². The summed E-state index contributed by atoms with van der Waals surface area (Å²) in [5, 5.41) is 9.04. The Kier molecular flexibility index (Phi) is 8.81. The molecule has 14 heteroatoms. The number of carbonyl (C=O) groups excluding carboxylic acids is 1. The fraction of sp³-hybridized carbons (Fsp3) is 0.581. The quantitative estimate of drug-likeness (QED) is 0.366. The number of rotatable bonds is 9. The smallest absolute Gasteiger partial charge is 0.419 e. The van der Waals surface area contributed by atoms with E-state index in [2.05, 4.69) is 22.5 Å². The fourth-order valence-electron chi connectivity index (χ4n) is 6.76. The molecule has 2 saturated heterocycles. The average Bonchev–Trinajstić information content (AvgIpc) is 3.59. The normalized spacial score (nSPS) is 21.3. The van der Waals surface area contributed by atoms with Crippen LogP contribution in [0.4, 0.5) is 24.7 Å². The first kappa shape index (κ1) is 31.4. The number of anilines is 2. The Morgan fingerprint density at radius 3 is 2.62 bits per heavy atom. The maximum atomic E-state index is 14.1. The van der Waals surface area contributed by atoms with E-state index in [0.29, 0.717) is 44.2 Å². The molecule has 5 heterocycles. The van der Waals surface area contributed by atoms with Crippen molar-refractivity contribution in [1.29, 1.82) is 5.26 Å². The molecule has 3 fully saturated rings. The Bertz CT molecular complexity index is 1490. The highest BCUT2D eigenvalue weighted by atomic mass is 35.5. The van der Waals surface area contributed by atoms with Crippen LogP contribution >= 0.6 is 11.6 Å². The van der Waals surface area contributed by atoms with Crippen molar-refractivity contribution in [2.75, 3.05) is 62.2 Å². The first-order valence-electron chi connectivity index (χ1n) is 15.4. The molecule has 0 spiro atoms. The van der Waals surface area contributed by atoms with E-state index in [1.54, 1.807) is 9.80 Å². The highest BCUT2D eigenvalue weighted by Crippen LogP contribution is 2.47. The van der Waals surface area contributed by atoms with Crippen LogP contribution in [0.15, 0.2) is 25.0 Å². The van der Waals surface area contributed by atoms with Gasteiger partial charge in [0.25, 0.3) is 0 Å². The number of likely N-dealkylation sites (tertiary alicyclic amines) is 1. The van der Waals surface area contributed by atoms with Crippen LogP contribution in [-0.2, 0) is 23.9 Å². The van der Waals surface area contributed by atoms with Crippen LogP contribution in [0.25, 0.3) is 0 Å². The number of nitriles is 1. The second-order valence-electron chi connectivity index (χ2n) is 12.4. The van der Waals surface area contributed by atoms with E-state index in [1.807, 2.05) is 4.90 Å². The zero-order valence-corrected chi connectivity index (χ0v) is 25.8. The molecule has 0 aromatic carbocycles. The molecule has 1 atom stereocenters. The van der Waals surface area contributed by atoms with Gasteiger partial charge in [-0.15, -0.1) is 0 Å². The van der Waals surface area contributed by atoms with Crippen LogP contribution in [0.5, 0.6) is 6.01 Å². The Morgan fingerprint density at radius 2 is 1.93 bits per heavy atom. The SMILES string of the molecule is C=CC(=O)N1CCN(c2nc(OCC3(CN4CCCC4)CC3)nc3c2CCN(c2cncc(Cl)c2C(F)(F)F)C3)CC1CC#N. The van der Waals surface area contributed by atoms with Crippen molar-refractivity contribution in [1.82, 2.24) is 24.8 Å². The van der Waals surface area contributed by atoms with Crippen LogP contribution in [-0.4, -0.2) is 89.1 Å². The van der Waals surface area contributed by atoms with E-state index >= 15 is 0 Å². The minimum Gasteiger partial charge on any atom is -0.463 e. The Morgan fingerprint density at radius 1 is 1.16 bits per heavy atom. The van der Waals surface area contributed by atoms with Crippen molar-refractivity contribution in [3.8, 4) is 12.1 Å². The molecule has 6 rings (SSSR count). The van der Waals surface area contributed by atoms with E-state index in [9.17, 15) is 23.2 Å². The van der Waals surface area contributed by atoms with Gasteiger partial charge in [0.15, 0.2) is 0 Å². The predicted octanol–water partition coefficient (Wildman–Crippen LogP) is 4.48. The van der Waals surface area contributed by atoms with Crippen LogP contribution < -0.4 is 14.5 Å². The first-order chi connectivity index (χ1) is 21.6. The van der Waals surface area contributed by atoms with Crippen molar-refractivity contribution in [3.63, 3.8) is 0 Å². The van der Waals surface area contributed by atoms with E-state index in [1.165, 1.54) is 25.1 Å². The Labute approximate surface area is 265 Å². The molecule has 0 N–H and O–H groups in total. The molecular weight excluding hydrogens is 609 g/mol. The third-order valence-electron chi connectivity index (χ3n) is 9.32. The lowest BCUT2D eigenvalue weighted by molar-refractivity contribution is -0.137. The van der Waals surface area contributed by atoms with Crippen molar-refractivity contribution >= 4 is 29.0 Å². The third kappa shape index (κ3) is 6.67. The number of nitrogens with zero attached hydrogens (tertiary/aromatic N) is 8. The molecule has 240 valence electrons.